The lowest BCUT2D eigenvalue weighted by atomic mass is 10.1. The SMILES string of the molecule is CCOc1ccc(-c2nc(C)c(-c3cccnc3)[nH]2)c(OC)c1. The van der Waals surface area contributed by atoms with Crippen LogP contribution in [0.5, 0.6) is 11.5 Å². The second-order valence-electron chi connectivity index (χ2n) is 5.08. The van der Waals surface area contributed by atoms with Gasteiger partial charge in [0.25, 0.3) is 0 Å². The molecule has 0 unspecified atom stereocenters. The van der Waals surface area contributed by atoms with Crippen LogP contribution in [0.15, 0.2) is 42.7 Å². The third-order valence-corrected chi connectivity index (χ3v) is 3.57. The summed E-state index contributed by atoms with van der Waals surface area (Å²) in [7, 11) is 1.65. The Morgan fingerprint density at radius 2 is 2.09 bits per heavy atom. The van der Waals surface area contributed by atoms with Crippen LogP contribution in [-0.4, -0.2) is 28.7 Å². The number of ether oxygens (including phenoxy) is 2. The molecule has 0 radical (unpaired) electrons. The molecule has 5 heteroatoms. The minimum Gasteiger partial charge on any atom is -0.496 e. The van der Waals surface area contributed by atoms with Crippen LogP contribution in [0.25, 0.3) is 22.6 Å². The number of rotatable bonds is 5. The van der Waals surface area contributed by atoms with Crippen molar-refractivity contribution in [1.82, 2.24) is 15.0 Å². The molecule has 0 aliphatic heterocycles. The van der Waals surface area contributed by atoms with Crippen LogP contribution in [-0.2, 0) is 0 Å². The summed E-state index contributed by atoms with van der Waals surface area (Å²) in [6, 6.07) is 9.66. The molecule has 0 amide bonds. The highest BCUT2D eigenvalue weighted by Gasteiger charge is 2.14. The predicted molar refractivity (Wildman–Crippen MR) is 89.7 cm³/mol. The summed E-state index contributed by atoms with van der Waals surface area (Å²) < 4.78 is 11.0. The first-order chi connectivity index (χ1) is 11.2. The Morgan fingerprint density at radius 1 is 1.22 bits per heavy atom. The fraction of sp³-hybridized carbons (Fsp3) is 0.222. The van der Waals surface area contributed by atoms with Crippen LogP contribution in [0.2, 0.25) is 0 Å². The molecular formula is C18H19N3O2. The number of nitrogens with one attached hydrogen (secondary N) is 1. The fourth-order valence-electron chi connectivity index (χ4n) is 2.50. The number of hydrogen-bond acceptors (Lipinski definition) is 4. The molecule has 118 valence electrons. The molecule has 0 saturated heterocycles. The number of aryl methyl sites for hydroxylation is 1. The highest BCUT2D eigenvalue weighted by atomic mass is 16.5. The van der Waals surface area contributed by atoms with Crippen molar-refractivity contribution < 1.29 is 9.47 Å². The third-order valence-electron chi connectivity index (χ3n) is 3.57. The molecule has 0 spiro atoms. The van der Waals surface area contributed by atoms with Crippen molar-refractivity contribution in [1.29, 1.82) is 0 Å². The molecular weight excluding hydrogens is 290 g/mol. The Morgan fingerprint density at radius 3 is 2.78 bits per heavy atom. The van der Waals surface area contributed by atoms with Crippen molar-refractivity contribution in [3.05, 3.63) is 48.4 Å². The van der Waals surface area contributed by atoms with Gasteiger partial charge in [-0.3, -0.25) is 4.98 Å². The van der Waals surface area contributed by atoms with E-state index in [0.29, 0.717) is 6.61 Å². The van der Waals surface area contributed by atoms with Crippen molar-refractivity contribution >= 4 is 0 Å². The molecule has 0 atom stereocenters. The van der Waals surface area contributed by atoms with E-state index in [2.05, 4.69) is 15.0 Å². The number of benzene rings is 1. The Kier molecular flexibility index (Phi) is 4.28. The second-order valence-corrected chi connectivity index (χ2v) is 5.08. The van der Waals surface area contributed by atoms with Crippen LogP contribution in [0.3, 0.4) is 0 Å². The molecule has 23 heavy (non-hydrogen) atoms. The summed E-state index contributed by atoms with van der Waals surface area (Å²) in [4.78, 5) is 12.2. The molecule has 0 aliphatic carbocycles. The molecule has 1 aromatic carbocycles. The van der Waals surface area contributed by atoms with Crippen molar-refractivity contribution in [3.63, 3.8) is 0 Å². The van der Waals surface area contributed by atoms with E-state index in [4.69, 9.17) is 9.47 Å². The zero-order chi connectivity index (χ0) is 16.2. The van der Waals surface area contributed by atoms with E-state index in [9.17, 15) is 0 Å². The summed E-state index contributed by atoms with van der Waals surface area (Å²) in [5.74, 6) is 2.27. The normalized spacial score (nSPS) is 10.6. The molecule has 0 aliphatic rings. The van der Waals surface area contributed by atoms with E-state index < -0.39 is 0 Å². The molecule has 1 N–H and O–H groups in total. The van der Waals surface area contributed by atoms with Crippen LogP contribution < -0.4 is 9.47 Å². The third kappa shape index (κ3) is 3.04. The number of nitrogens with zero attached hydrogens (tertiary/aromatic N) is 2. The summed E-state index contributed by atoms with van der Waals surface area (Å²) in [6.45, 7) is 4.55. The van der Waals surface area contributed by atoms with E-state index >= 15 is 0 Å². The van der Waals surface area contributed by atoms with Crippen molar-refractivity contribution in [3.8, 4) is 34.1 Å². The summed E-state index contributed by atoms with van der Waals surface area (Å²) in [5.41, 5.74) is 3.79. The van der Waals surface area contributed by atoms with Gasteiger partial charge < -0.3 is 14.5 Å². The maximum atomic E-state index is 5.52. The molecule has 0 saturated carbocycles. The highest BCUT2D eigenvalue weighted by Crippen LogP contribution is 2.33. The van der Waals surface area contributed by atoms with Crippen LogP contribution >= 0.6 is 0 Å². The first-order valence-corrected chi connectivity index (χ1v) is 7.51. The van der Waals surface area contributed by atoms with Gasteiger partial charge >= 0.3 is 0 Å². The zero-order valence-corrected chi connectivity index (χ0v) is 13.5. The lowest BCUT2D eigenvalue weighted by Crippen LogP contribution is -1.94. The van der Waals surface area contributed by atoms with Gasteiger partial charge in [-0.25, -0.2) is 4.98 Å². The average molecular weight is 309 g/mol. The maximum absolute atomic E-state index is 5.52. The number of aromatic amines is 1. The maximum Gasteiger partial charge on any atom is 0.141 e. The number of imidazole rings is 1. The van der Waals surface area contributed by atoms with E-state index in [1.54, 1.807) is 13.3 Å². The number of aromatic nitrogens is 3. The lowest BCUT2D eigenvalue weighted by Gasteiger charge is -2.09. The highest BCUT2D eigenvalue weighted by molar-refractivity contribution is 5.71. The number of H-pyrrole nitrogens is 1. The van der Waals surface area contributed by atoms with Crippen LogP contribution in [0.4, 0.5) is 0 Å². The number of pyridine rings is 1. The molecule has 5 nitrogen and oxygen atoms in total. The van der Waals surface area contributed by atoms with Gasteiger partial charge in [0.05, 0.1) is 30.7 Å². The Balaban J connectivity index is 2.03. The van der Waals surface area contributed by atoms with Crippen molar-refractivity contribution in [2.24, 2.45) is 0 Å². The second kappa shape index (κ2) is 6.52. The van der Waals surface area contributed by atoms with Gasteiger partial charge in [-0.15, -0.1) is 0 Å². The van der Waals surface area contributed by atoms with Gasteiger partial charge in [0.15, 0.2) is 0 Å². The van der Waals surface area contributed by atoms with Crippen molar-refractivity contribution in [2.45, 2.75) is 13.8 Å². The monoisotopic (exact) mass is 309 g/mol. The molecule has 0 fully saturated rings. The zero-order valence-electron chi connectivity index (χ0n) is 13.5. The predicted octanol–water partition coefficient (Wildman–Crippen LogP) is 3.85. The van der Waals surface area contributed by atoms with E-state index in [0.717, 1.165) is 39.8 Å². The van der Waals surface area contributed by atoms with Crippen molar-refractivity contribution in [2.75, 3.05) is 13.7 Å². The molecule has 0 bridgehead atoms. The average Bonchev–Trinajstić information content (AvgIpc) is 2.97. The molecule has 3 rings (SSSR count). The summed E-state index contributed by atoms with van der Waals surface area (Å²) in [6.07, 6.45) is 3.57. The molecule has 3 aromatic rings. The first-order valence-electron chi connectivity index (χ1n) is 7.51. The number of methoxy groups -OCH3 is 1. The fourth-order valence-corrected chi connectivity index (χ4v) is 2.50. The summed E-state index contributed by atoms with van der Waals surface area (Å²) >= 11 is 0. The summed E-state index contributed by atoms with van der Waals surface area (Å²) in [5, 5.41) is 0. The largest absolute Gasteiger partial charge is 0.496 e. The van der Waals surface area contributed by atoms with Gasteiger partial charge in [-0.1, -0.05) is 0 Å². The van der Waals surface area contributed by atoms with E-state index in [1.807, 2.05) is 50.4 Å². The Labute approximate surface area is 135 Å². The standard InChI is InChI=1S/C18H19N3O2/c1-4-23-14-7-8-15(16(10-14)22-3)18-20-12(2)17(21-18)13-6-5-9-19-11-13/h5-11H,4H2,1-3H3,(H,20,21). The van der Waals surface area contributed by atoms with Crippen LogP contribution in [0, 0.1) is 6.92 Å². The van der Waals surface area contributed by atoms with Gasteiger partial charge in [-0.2, -0.15) is 0 Å². The quantitative estimate of drug-likeness (QED) is 0.777. The smallest absolute Gasteiger partial charge is 0.141 e. The number of hydrogen-bond donors (Lipinski definition) is 1. The van der Waals surface area contributed by atoms with Gasteiger partial charge in [0, 0.05) is 24.0 Å². The van der Waals surface area contributed by atoms with Gasteiger partial charge in [-0.05, 0) is 38.1 Å². The Bertz CT molecular complexity index is 797. The molecule has 2 aromatic heterocycles. The van der Waals surface area contributed by atoms with E-state index in [-0.39, 0.29) is 0 Å². The van der Waals surface area contributed by atoms with E-state index in [1.165, 1.54) is 0 Å². The van der Waals surface area contributed by atoms with Crippen LogP contribution in [0.1, 0.15) is 12.6 Å². The topological polar surface area (TPSA) is 60.0 Å². The minimum absolute atomic E-state index is 0.619. The first kappa shape index (κ1) is 15.1. The molecule has 2 heterocycles. The van der Waals surface area contributed by atoms with Gasteiger partial charge in [0.2, 0.25) is 0 Å². The minimum atomic E-state index is 0.619. The Hall–Kier alpha value is -2.82. The lowest BCUT2D eigenvalue weighted by molar-refractivity contribution is 0.336. The van der Waals surface area contributed by atoms with Gasteiger partial charge in [0.1, 0.15) is 17.3 Å².